The Labute approximate surface area is 232 Å². The molecule has 0 saturated heterocycles. The van der Waals surface area contributed by atoms with Gasteiger partial charge in [-0.3, -0.25) is 4.98 Å². The molecule has 12 heteroatoms. The van der Waals surface area contributed by atoms with Crippen molar-refractivity contribution in [2.24, 2.45) is 11.8 Å². The number of rotatable bonds is 10. The zero-order valence-corrected chi connectivity index (χ0v) is 24.1. The Morgan fingerprint density at radius 1 is 1.13 bits per heavy atom. The van der Waals surface area contributed by atoms with E-state index in [1.165, 1.54) is 12.8 Å². The minimum Gasteiger partial charge on any atom is -0.390 e. The van der Waals surface area contributed by atoms with Crippen LogP contribution in [0.1, 0.15) is 63.3 Å². The molecule has 3 fully saturated rings. The number of hydrogen-bond acceptors (Lipinski definition) is 11. The number of aliphatic hydroxyl groups excluding tert-OH is 2. The predicted molar refractivity (Wildman–Crippen MR) is 153 cm³/mol. The second-order valence-electron chi connectivity index (χ2n) is 11.4. The van der Waals surface area contributed by atoms with Crippen molar-refractivity contribution in [3.05, 3.63) is 23.7 Å². The van der Waals surface area contributed by atoms with E-state index in [4.69, 9.17) is 15.0 Å². The number of fused-ring (bicyclic) bond motifs is 1. The first-order chi connectivity index (χ1) is 18.6. The normalized spacial score (nSPS) is 26.2. The van der Waals surface area contributed by atoms with Crippen LogP contribution in [0, 0.1) is 18.8 Å². The molecule has 0 spiro atoms. The third-order valence-corrected chi connectivity index (χ3v) is 11.2. The molecule has 3 aromatic rings. The monoisotopic (exact) mass is 572 g/mol. The van der Waals surface area contributed by atoms with Gasteiger partial charge >= 0.3 is 0 Å². The summed E-state index contributed by atoms with van der Waals surface area (Å²) in [5.41, 5.74) is 3.44. The van der Waals surface area contributed by atoms with Gasteiger partial charge in [-0.1, -0.05) is 6.92 Å². The number of anilines is 2. The molecular weight excluding hydrogens is 536 g/mol. The Balaban J connectivity index is 1.37. The van der Waals surface area contributed by atoms with Crippen LogP contribution in [-0.2, 0) is 9.84 Å². The van der Waals surface area contributed by atoms with Crippen molar-refractivity contribution in [3.63, 3.8) is 0 Å². The Hall–Kier alpha value is -2.41. The number of aromatic nitrogens is 4. The maximum atomic E-state index is 12.3. The number of pyridine rings is 1. The molecule has 3 aliphatic rings. The number of nitrogens with one attached hydrogen (secondary N) is 2. The first-order valence-corrected chi connectivity index (χ1v) is 16.5. The van der Waals surface area contributed by atoms with Crippen molar-refractivity contribution in [1.29, 1.82) is 0 Å². The van der Waals surface area contributed by atoms with Crippen molar-refractivity contribution < 1.29 is 18.6 Å². The lowest BCUT2D eigenvalue weighted by atomic mass is 10.1. The van der Waals surface area contributed by atoms with Gasteiger partial charge in [-0.05, 0) is 57.9 Å². The van der Waals surface area contributed by atoms with E-state index in [0.29, 0.717) is 30.0 Å². The molecule has 6 rings (SSSR count). The predicted octanol–water partition coefficient (Wildman–Crippen LogP) is 3.50. The van der Waals surface area contributed by atoms with E-state index in [2.05, 4.69) is 22.5 Å². The summed E-state index contributed by atoms with van der Waals surface area (Å²) in [7, 11) is -3.31. The van der Waals surface area contributed by atoms with E-state index in [1.807, 2.05) is 19.2 Å². The molecule has 210 valence electrons. The Morgan fingerprint density at radius 3 is 2.59 bits per heavy atom. The highest BCUT2D eigenvalue weighted by molar-refractivity contribution is 7.91. The van der Waals surface area contributed by atoms with Gasteiger partial charge in [0.15, 0.2) is 0 Å². The van der Waals surface area contributed by atoms with Gasteiger partial charge < -0.3 is 20.8 Å². The summed E-state index contributed by atoms with van der Waals surface area (Å²) in [6.07, 6.45) is 4.51. The highest BCUT2D eigenvalue weighted by Crippen LogP contribution is 2.45. The second-order valence-corrected chi connectivity index (χ2v) is 14.8. The van der Waals surface area contributed by atoms with Crippen LogP contribution in [0.2, 0.25) is 0 Å². The van der Waals surface area contributed by atoms with Crippen LogP contribution >= 0.6 is 11.3 Å². The molecule has 4 N–H and O–H groups in total. The largest absolute Gasteiger partial charge is 0.390 e. The molecule has 39 heavy (non-hydrogen) atoms. The van der Waals surface area contributed by atoms with E-state index < -0.39 is 34.0 Å². The number of aryl methyl sites for hydroxylation is 1. The molecule has 0 bridgehead atoms. The molecule has 5 atom stereocenters. The molecular formula is C27H36N6O4S2. The van der Waals surface area contributed by atoms with Crippen LogP contribution in [0.15, 0.2) is 12.3 Å². The van der Waals surface area contributed by atoms with Gasteiger partial charge in [0, 0.05) is 29.8 Å². The molecule has 3 aliphatic carbocycles. The minimum atomic E-state index is -3.31. The fourth-order valence-electron chi connectivity index (χ4n) is 5.61. The molecule has 0 aromatic carbocycles. The van der Waals surface area contributed by atoms with E-state index in [0.717, 1.165) is 45.0 Å². The van der Waals surface area contributed by atoms with Crippen LogP contribution in [0.5, 0.6) is 0 Å². The quantitative estimate of drug-likeness (QED) is 0.284. The lowest BCUT2D eigenvalue weighted by molar-refractivity contribution is 0.0216. The SMILES string of the molecule is CCS(=O)(=O)C[C@H]1C[C@@H](Nc2nc(N[C@H](C)C3CC3)nc(C)c2-c2nc3c(C4CC4)nccc3s2)[C@H](O)[C@@H]1O. The number of thiazole rings is 1. The second kappa shape index (κ2) is 10.2. The van der Waals surface area contributed by atoms with Gasteiger partial charge in [0.1, 0.15) is 32.3 Å². The molecule has 10 nitrogen and oxygen atoms in total. The van der Waals surface area contributed by atoms with Gasteiger partial charge in [-0.25, -0.2) is 18.4 Å². The summed E-state index contributed by atoms with van der Waals surface area (Å²) in [5, 5.41) is 29.2. The lowest BCUT2D eigenvalue weighted by Gasteiger charge is -2.22. The van der Waals surface area contributed by atoms with Gasteiger partial charge in [0.25, 0.3) is 0 Å². The molecule has 0 unspecified atom stereocenters. The minimum absolute atomic E-state index is 0.00316. The van der Waals surface area contributed by atoms with Crippen molar-refractivity contribution in [3.8, 4) is 10.6 Å². The average molecular weight is 573 g/mol. The molecule has 0 aliphatic heterocycles. The summed E-state index contributed by atoms with van der Waals surface area (Å²) < 4.78 is 25.6. The van der Waals surface area contributed by atoms with E-state index in [1.54, 1.807) is 18.3 Å². The number of sulfone groups is 1. The van der Waals surface area contributed by atoms with Crippen molar-refractivity contribution in [1.82, 2.24) is 19.9 Å². The van der Waals surface area contributed by atoms with E-state index in [9.17, 15) is 18.6 Å². The highest BCUT2D eigenvalue weighted by Gasteiger charge is 2.43. The van der Waals surface area contributed by atoms with Crippen molar-refractivity contribution >= 4 is 43.2 Å². The molecule has 0 amide bonds. The zero-order valence-electron chi connectivity index (χ0n) is 22.5. The maximum Gasteiger partial charge on any atom is 0.225 e. The number of hydrogen-bond donors (Lipinski definition) is 4. The summed E-state index contributed by atoms with van der Waals surface area (Å²) in [4.78, 5) is 19.2. The Kier molecular flexibility index (Phi) is 7.01. The number of aliphatic hydroxyl groups is 2. The fraction of sp³-hybridized carbons (Fsp3) is 0.630. The molecule has 3 saturated carbocycles. The van der Waals surface area contributed by atoms with E-state index >= 15 is 0 Å². The first kappa shape index (κ1) is 26.8. The van der Waals surface area contributed by atoms with Gasteiger partial charge in [0.05, 0.1) is 39.5 Å². The summed E-state index contributed by atoms with van der Waals surface area (Å²) in [6.45, 7) is 5.66. The summed E-state index contributed by atoms with van der Waals surface area (Å²) in [5.74, 6) is 1.37. The molecule has 0 radical (unpaired) electrons. The highest BCUT2D eigenvalue weighted by atomic mass is 32.2. The van der Waals surface area contributed by atoms with Gasteiger partial charge in [0.2, 0.25) is 5.95 Å². The van der Waals surface area contributed by atoms with Crippen molar-refractivity contribution in [2.75, 3.05) is 22.1 Å². The van der Waals surface area contributed by atoms with Crippen LogP contribution < -0.4 is 10.6 Å². The Morgan fingerprint density at radius 2 is 1.90 bits per heavy atom. The van der Waals surface area contributed by atoms with Gasteiger partial charge in [-0.2, -0.15) is 4.98 Å². The lowest BCUT2D eigenvalue weighted by Crippen LogP contribution is -2.36. The molecule has 3 aromatic heterocycles. The topological polar surface area (TPSA) is 150 Å². The zero-order chi connectivity index (χ0) is 27.5. The summed E-state index contributed by atoms with van der Waals surface area (Å²) >= 11 is 1.56. The summed E-state index contributed by atoms with van der Waals surface area (Å²) in [6, 6.07) is 1.64. The third-order valence-electron chi connectivity index (χ3n) is 8.32. The van der Waals surface area contributed by atoms with Gasteiger partial charge in [-0.15, -0.1) is 11.3 Å². The third kappa shape index (κ3) is 5.48. The van der Waals surface area contributed by atoms with Crippen LogP contribution in [-0.4, -0.2) is 74.4 Å². The standard InChI is InChI=1S/C27H36N6O4S2/c1-4-39(36,37)12-17-11-18(24(35)23(17)34)31-25-20(14(3)30-27(33-25)29-13(2)15-5-6-15)26-32-22-19(38-26)9-10-28-21(22)16-7-8-16/h9-10,13,15-18,23-24,34-35H,4-8,11-12H2,1-3H3,(H2,29,30,31,33)/t13-,17-,18-,23-,24+/m1/s1. The first-order valence-electron chi connectivity index (χ1n) is 13.9. The van der Waals surface area contributed by atoms with Crippen molar-refractivity contribution in [2.45, 2.75) is 83.1 Å². The maximum absolute atomic E-state index is 12.3. The van der Waals surface area contributed by atoms with Crippen LogP contribution in [0.25, 0.3) is 20.8 Å². The van der Waals surface area contributed by atoms with Crippen LogP contribution in [0.4, 0.5) is 11.8 Å². The smallest absolute Gasteiger partial charge is 0.225 e. The fourth-order valence-corrected chi connectivity index (χ4v) is 7.89. The van der Waals surface area contributed by atoms with Crippen LogP contribution in [0.3, 0.4) is 0 Å². The average Bonchev–Trinajstić information content (AvgIpc) is 3.82. The molecule has 3 heterocycles. The Bertz CT molecular complexity index is 1490. The van der Waals surface area contributed by atoms with E-state index in [-0.39, 0.29) is 17.5 Å². The number of nitrogens with zero attached hydrogens (tertiary/aromatic N) is 4.